The first-order chi connectivity index (χ1) is 17.6. The van der Waals surface area contributed by atoms with Crippen molar-refractivity contribution in [2.75, 3.05) is 38.5 Å². The van der Waals surface area contributed by atoms with Crippen LogP contribution in [0.1, 0.15) is 68.4 Å². The summed E-state index contributed by atoms with van der Waals surface area (Å²) in [4.78, 5) is 19.6. The monoisotopic (exact) mass is 540 g/mol. The largest absolute Gasteiger partial charge is 0.465 e. The Morgan fingerprint density at radius 2 is 1.66 bits per heavy atom. The molecular weight excluding hydrogens is 501 g/mol. The number of ether oxygens (including phenoxy) is 3. The number of carbonyl (C=O) groups is 1. The molecule has 11 heteroatoms. The lowest BCUT2D eigenvalue weighted by Crippen LogP contribution is -2.48. The highest BCUT2D eigenvalue weighted by Crippen LogP contribution is 2.35. The lowest BCUT2D eigenvalue weighted by molar-refractivity contribution is -0.147. The van der Waals surface area contributed by atoms with Crippen molar-refractivity contribution < 1.29 is 32.2 Å². The number of nitrogens with one attached hydrogen (secondary N) is 2. The van der Waals surface area contributed by atoms with E-state index < -0.39 is 17.7 Å². The molecule has 1 aliphatic rings. The minimum Gasteiger partial charge on any atom is -0.465 e. The van der Waals surface area contributed by atoms with Gasteiger partial charge in [0.2, 0.25) is 5.95 Å². The molecule has 0 unspecified atom stereocenters. The number of esters is 1. The van der Waals surface area contributed by atoms with Gasteiger partial charge in [0.25, 0.3) is 0 Å². The van der Waals surface area contributed by atoms with Crippen molar-refractivity contribution in [3.63, 3.8) is 0 Å². The summed E-state index contributed by atoms with van der Waals surface area (Å²) >= 11 is 0. The predicted octanol–water partition coefficient (Wildman–Crippen LogP) is 6.38. The number of rotatable bonds is 10. The average molecular weight is 541 g/mol. The van der Waals surface area contributed by atoms with Gasteiger partial charge in [-0.1, -0.05) is 18.9 Å². The van der Waals surface area contributed by atoms with Crippen molar-refractivity contribution in [3.05, 3.63) is 41.1 Å². The van der Waals surface area contributed by atoms with Crippen LogP contribution in [0.15, 0.2) is 24.4 Å². The van der Waals surface area contributed by atoms with Gasteiger partial charge in [-0.05, 0) is 64.7 Å². The van der Waals surface area contributed by atoms with E-state index >= 15 is 0 Å². The number of nitrogens with zero attached hydrogens (tertiary/aromatic N) is 2. The summed E-state index contributed by atoms with van der Waals surface area (Å²) in [5.74, 6) is -0.171. The standard InChI is InChI=1S/C19H21F3N4O2.C8H18O2/c1-11-3-6-13(9-14(11)17(27)28-2)25-18-24-10-15(19(20,21)22)16(26-18)23-8-7-12-4-5-12;1-7(2,9-5)8(3,4)10-6/h3,6,9-10,12H,4-5,7-8H2,1-2H3,(H2,23,24,25,26);1-6H3. The maximum absolute atomic E-state index is 13.2. The second-order valence-electron chi connectivity index (χ2n) is 10.2. The Morgan fingerprint density at radius 3 is 2.16 bits per heavy atom. The van der Waals surface area contributed by atoms with Gasteiger partial charge < -0.3 is 24.8 Å². The van der Waals surface area contributed by atoms with Crippen molar-refractivity contribution in [2.24, 2.45) is 5.92 Å². The van der Waals surface area contributed by atoms with E-state index in [1.54, 1.807) is 39.3 Å². The maximum atomic E-state index is 13.2. The van der Waals surface area contributed by atoms with E-state index in [9.17, 15) is 18.0 Å². The predicted molar refractivity (Wildman–Crippen MR) is 141 cm³/mol. The second-order valence-corrected chi connectivity index (χ2v) is 10.2. The van der Waals surface area contributed by atoms with Crippen LogP contribution in [-0.4, -0.2) is 55.0 Å². The first kappa shape index (κ1) is 31.3. The average Bonchev–Trinajstić information content (AvgIpc) is 3.69. The summed E-state index contributed by atoms with van der Waals surface area (Å²) < 4.78 is 55.0. The number of anilines is 3. The highest BCUT2D eigenvalue weighted by atomic mass is 19.4. The quantitative estimate of drug-likeness (QED) is 0.335. The van der Waals surface area contributed by atoms with E-state index in [1.807, 2.05) is 27.7 Å². The van der Waals surface area contributed by atoms with E-state index in [1.165, 1.54) is 7.11 Å². The Morgan fingerprint density at radius 1 is 1.05 bits per heavy atom. The summed E-state index contributed by atoms with van der Waals surface area (Å²) in [6, 6.07) is 4.93. The van der Waals surface area contributed by atoms with Crippen molar-refractivity contribution in [1.29, 1.82) is 0 Å². The van der Waals surface area contributed by atoms with E-state index in [0.29, 0.717) is 29.3 Å². The Balaban J connectivity index is 0.000000432. The fourth-order valence-corrected chi connectivity index (χ4v) is 3.24. The molecule has 0 amide bonds. The molecule has 0 spiro atoms. The van der Waals surface area contributed by atoms with Crippen LogP contribution in [0.4, 0.5) is 30.6 Å². The molecule has 1 saturated carbocycles. The number of methoxy groups -OCH3 is 3. The lowest BCUT2D eigenvalue weighted by atomic mass is 9.89. The number of aryl methyl sites for hydroxylation is 1. The molecule has 2 aromatic rings. The van der Waals surface area contributed by atoms with Crippen LogP contribution in [0.3, 0.4) is 0 Å². The summed E-state index contributed by atoms with van der Waals surface area (Å²) in [6.07, 6.45) is -0.738. The lowest BCUT2D eigenvalue weighted by Gasteiger charge is -2.38. The van der Waals surface area contributed by atoms with E-state index in [4.69, 9.17) is 14.2 Å². The zero-order valence-electron chi connectivity index (χ0n) is 23.4. The molecule has 3 rings (SSSR count). The number of benzene rings is 1. The third-order valence-electron chi connectivity index (χ3n) is 7.01. The van der Waals surface area contributed by atoms with Gasteiger partial charge in [-0.3, -0.25) is 0 Å². The Bertz CT molecular complexity index is 1070. The molecule has 1 aromatic carbocycles. The molecule has 212 valence electrons. The van der Waals surface area contributed by atoms with Crippen LogP contribution in [0.5, 0.6) is 0 Å². The van der Waals surface area contributed by atoms with Crippen molar-refractivity contribution in [2.45, 2.75) is 71.3 Å². The molecule has 38 heavy (non-hydrogen) atoms. The molecule has 1 heterocycles. The molecule has 8 nitrogen and oxygen atoms in total. The zero-order valence-corrected chi connectivity index (χ0v) is 23.4. The number of hydrogen-bond acceptors (Lipinski definition) is 8. The third kappa shape index (κ3) is 8.56. The zero-order chi connectivity index (χ0) is 28.7. The van der Waals surface area contributed by atoms with Crippen LogP contribution in [0, 0.1) is 12.8 Å². The van der Waals surface area contributed by atoms with Gasteiger partial charge in [-0.15, -0.1) is 0 Å². The Labute approximate surface area is 222 Å². The molecule has 0 atom stereocenters. The minimum absolute atomic E-state index is 0.00147. The Kier molecular flexibility index (Phi) is 10.5. The fourth-order valence-electron chi connectivity index (χ4n) is 3.24. The molecule has 1 aromatic heterocycles. The summed E-state index contributed by atoms with van der Waals surface area (Å²) in [5, 5.41) is 5.62. The Hall–Kier alpha value is -2.92. The third-order valence-corrected chi connectivity index (χ3v) is 7.01. The molecule has 2 N–H and O–H groups in total. The fraction of sp³-hybridized carbons (Fsp3) is 0.593. The highest BCUT2D eigenvalue weighted by Gasteiger charge is 2.37. The minimum atomic E-state index is -4.55. The van der Waals surface area contributed by atoms with E-state index in [2.05, 4.69) is 20.6 Å². The smallest absolute Gasteiger partial charge is 0.421 e. The van der Waals surface area contributed by atoms with Gasteiger partial charge in [-0.2, -0.15) is 18.2 Å². The van der Waals surface area contributed by atoms with Gasteiger partial charge in [0.05, 0.1) is 23.9 Å². The van der Waals surface area contributed by atoms with Crippen LogP contribution in [0.25, 0.3) is 0 Å². The van der Waals surface area contributed by atoms with Crippen LogP contribution in [-0.2, 0) is 20.4 Å². The maximum Gasteiger partial charge on any atom is 0.421 e. The normalized spacial score (nSPS) is 13.9. The summed E-state index contributed by atoms with van der Waals surface area (Å²) in [7, 11) is 4.67. The molecular formula is C27H39F3N4O4. The van der Waals surface area contributed by atoms with Crippen molar-refractivity contribution >= 4 is 23.4 Å². The van der Waals surface area contributed by atoms with Crippen LogP contribution >= 0.6 is 0 Å². The second kappa shape index (κ2) is 12.8. The molecule has 0 radical (unpaired) electrons. The molecule has 1 aliphatic carbocycles. The number of aromatic nitrogens is 2. The van der Waals surface area contributed by atoms with Crippen molar-refractivity contribution in [3.8, 4) is 0 Å². The van der Waals surface area contributed by atoms with Crippen LogP contribution in [0.2, 0.25) is 0 Å². The molecule has 0 aliphatic heterocycles. The van der Waals surface area contributed by atoms with E-state index in [0.717, 1.165) is 25.5 Å². The molecule has 0 saturated heterocycles. The van der Waals surface area contributed by atoms with Crippen molar-refractivity contribution in [1.82, 2.24) is 9.97 Å². The number of carbonyl (C=O) groups excluding carboxylic acids is 1. The van der Waals surface area contributed by atoms with Gasteiger partial charge in [0, 0.05) is 32.6 Å². The molecule has 1 fully saturated rings. The number of hydrogen-bond donors (Lipinski definition) is 2. The summed E-state index contributed by atoms with van der Waals surface area (Å²) in [5.41, 5.74) is 0.154. The first-order valence-electron chi connectivity index (χ1n) is 12.4. The highest BCUT2D eigenvalue weighted by molar-refractivity contribution is 5.92. The van der Waals surface area contributed by atoms with Gasteiger partial charge in [0.15, 0.2) is 0 Å². The number of halogens is 3. The molecule has 0 bridgehead atoms. The van der Waals surface area contributed by atoms with Gasteiger partial charge in [0.1, 0.15) is 11.4 Å². The van der Waals surface area contributed by atoms with Crippen LogP contribution < -0.4 is 10.6 Å². The summed E-state index contributed by atoms with van der Waals surface area (Å²) in [6.45, 7) is 10.2. The SMILES string of the molecule is COC(=O)c1cc(Nc2ncc(C(F)(F)F)c(NCCC3CC3)n2)ccc1C.COC(C)(C)C(C)(C)OC. The van der Waals surface area contributed by atoms with Gasteiger partial charge in [-0.25, -0.2) is 9.78 Å². The van der Waals surface area contributed by atoms with Gasteiger partial charge >= 0.3 is 12.1 Å². The van der Waals surface area contributed by atoms with E-state index in [-0.39, 0.29) is 23.0 Å². The first-order valence-corrected chi connectivity index (χ1v) is 12.4. The number of alkyl halides is 3. The topological polar surface area (TPSA) is 94.6 Å².